The first kappa shape index (κ1) is 12.8. The summed E-state index contributed by atoms with van der Waals surface area (Å²) in [6, 6.07) is 18.2. The molecule has 4 nitrogen and oxygen atoms in total. The number of rotatable bonds is 2. The van der Waals surface area contributed by atoms with Crippen LogP contribution < -0.4 is 10.7 Å². The van der Waals surface area contributed by atoms with Crippen LogP contribution in [0.3, 0.4) is 0 Å². The maximum absolute atomic E-state index is 12.0. The van der Waals surface area contributed by atoms with Gasteiger partial charge in [-0.2, -0.15) is 0 Å². The highest BCUT2D eigenvalue weighted by atomic mass is 16.2. The molecular weight excluding hydrogens is 250 g/mol. The first-order valence-corrected chi connectivity index (χ1v) is 6.67. The van der Waals surface area contributed by atoms with Crippen molar-refractivity contribution in [2.24, 2.45) is 0 Å². The molecule has 102 valence electrons. The van der Waals surface area contributed by atoms with Crippen molar-refractivity contribution in [1.29, 1.82) is 0 Å². The fourth-order valence-corrected chi connectivity index (χ4v) is 2.66. The van der Waals surface area contributed by atoms with E-state index in [1.807, 2.05) is 48.5 Å². The molecular formula is C16H17N3O. The minimum atomic E-state index is -0.00905. The zero-order chi connectivity index (χ0) is 13.9. The third-order valence-electron chi connectivity index (χ3n) is 3.56. The second-order valence-electron chi connectivity index (χ2n) is 4.80. The summed E-state index contributed by atoms with van der Waals surface area (Å²) in [6.07, 6.45) is 0. The van der Waals surface area contributed by atoms with Gasteiger partial charge in [-0.1, -0.05) is 48.5 Å². The van der Waals surface area contributed by atoms with Gasteiger partial charge in [0, 0.05) is 5.69 Å². The van der Waals surface area contributed by atoms with Crippen LogP contribution in [0, 0.1) is 0 Å². The molecule has 3 rings (SSSR count). The summed E-state index contributed by atoms with van der Waals surface area (Å²) in [5.74, 6) is -0.00905. The second kappa shape index (κ2) is 5.45. The number of nitrogens with one attached hydrogen (secondary N) is 2. The Morgan fingerprint density at radius 2 is 1.80 bits per heavy atom. The lowest BCUT2D eigenvalue weighted by atomic mass is 9.97. The Morgan fingerprint density at radius 3 is 2.55 bits per heavy atom. The number of fused-ring (bicyclic) bond motifs is 1. The van der Waals surface area contributed by atoms with Gasteiger partial charge < -0.3 is 5.32 Å². The van der Waals surface area contributed by atoms with Crippen LogP contribution in [0.25, 0.3) is 0 Å². The van der Waals surface area contributed by atoms with Crippen molar-refractivity contribution in [3.8, 4) is 0 Å². The minimum Gasteiger partial charge on any atom is -0.325 e. The predicted octanol–water partition coefficient (Wildman–Crippen LogP) is 2.16. The van der Waals surface area contributed by atoms with E-state index in [2.05, 4.69) is 28.9 Å². The van der Waals surface area contributed by atoms with Gasteiger partial charge in [-0.3, -0.25) is 10.2 Å². The smallest absolute Gasteiger partial charge is 0.240 e. The Balaban J connectivity index is 2.15. The first-order valence-electron chi connectivity index (χ1n) is 6.67. The molecule has 2 aromatic carbocycles. The quantitative estimate of drug-likeness (QED) is 0.876. The molecule has 0 aromatic heterocycles. The average Bonchev–Trinajstić information content (AvgIpc) is 2.63. The van der Waals surface area contributed by atoms with Crippen molar-refractivity contribution >= 4 is 11.6 Å². The monoisotopic (exact) mass is 267 g/mol. The lowest BCUT2D eigenvalue weighted by Crippen LogP contribution is -2.42. The van der Waals surface area contributed by atoms with Gasteiger partial charge >= 0.3 is 0 Å². The summed E-state index contributed by atoms with van der Waals surface area (Å²) < 4.78 is 0. The van der Waals surface area contributed by atoms with Gasteiger partial charge in [0.2, 0.25) is 5.91 Å². The largest absolute Gasteiger partial charge is 0.325 e. The van der Waals surface area contributed by atoms with E-state index in [1.54, 1.807) is 0 Å². The van der Waals surface area contributed by atoms with Gasteiger partial charge in [0.1, 0.15) is 0 Å². The Morgan fingerprint density at radius 1 is 1.10 bits per heavy atom. The topological polar surface area (TPSA) is 44.4 Å². The third-order valence-corrected chi connectivity index (χ3v) is 3.56. The molecule has 4 heteroatoms. The van der Waals surface area contributed by atoms with Crippen molar-refractivity contribution in [2.75, 3.05) is 18.9 Å². The highest BCUT2D eigenvalue weighted by Gasteiger charge is 2.28. The highest BCUT2D eigenvalue weighted by molar-refractivity contribution is 5.94. The summed E-state index contributed by atoms with van der Waals surface area (Å²) in [5, 5.41) is 4.92. The van der Waals surface area contributed by atoms with Gasteiger partial charge in [0.15, 0.2) is 0 Å². The number of para-hydroxylation sites is 1. The average molecular weight is 267 g/mol. The molecule has 0 saturated carbocycles. The Kier molecular flexibility index (Phi) is 3.50. The van der Waals surface area contributed by atoms with Gasteiger partial charge in [-0.25, -0.2) is 5.01 Å². The fraction of sp³-hybridized carbons (Fsp3) is 0.188. The van der Waals surface area contributed by atoms with E-state index in [9.17, 15) is 4.79 Å². The van der Waals surface area contributed by atoms with Crippen LogP contribution in [0.2, 0.25) is 0 Å². The molecule has 2 N–H and O–H groups in total. The lowest BCUT2D eigenvalue weighted by Gasteiger charge is -2.29. The van der Waals surface area contributed by atoms with Crippen LogP contribution in [-0.4, -0.2) is 24.5 Å². The van der Waals surface area contributed by atoms with Crippen molar-refractivity contribution < 1.29 is 4.79 Å². The second-order valence-corrected chi connectivity index (χ2v) is 4.80. The molecule has 1 unspecified atom stereocenters. The van der Waals surface area contributed by atoms with Crippen LogP contribution in [0.1, 0.15) is 17.2 Å². The summed E-state index contributed by atoms with van der Waals surface area (Å²) in [4.78, 5) is 12.0. The van der Waals surface area contributed by atoms with E-state index in [0.717, 1.165) is 16.8 Å². The normalized spacial score (nSPS) is 19.1. The molecule has 0 radical (unpaired) electrons. The standard InChI is InChI=1S/C16H17N3O/c1-17-19-11-15(20)18-14-10-6-5-9-13(14)16(19)12-7-3-2-4-8-12/h2-10,16-17H,11H2,1H3,(H,18,20). The number of carbonyl (C=O) groups is 1. The Hall–Kier alpha value is -2.17. The molecule has 20 heavy (non-hydrogen) atoms. The van der Waals surface area contributed by atoms with Crippen molar-refractivity contribution in [3.05, 3.63) is 65.7 Å². The number of amides is 1. The van der Waals surface area contributed by atoms with Gasteiger partial charge in [-0.05, 0) is 24.2 Å². The van der Waals surface area contributed by atoms with Gasteiger partial charge in [0.25, 0.3) is 0 Å². The molecule has 1 aliphatic rings. The number of hydrogen-bond acceptors (Lipinski definition) is 3. The van der Waals surface area contributed by atoms with E-state index >= 15 is 0 Å². The molecule has 1 amide bonds. The number of carbonyl (C=O) groups excluding carboxylic acids is 1. The molecule has 0 fully saturated rings. The van der Waals surface area contributed by atoms with Crippen LogP contribution >= 0.6 is 0 Å². The third kappa shape index (κ3) is 2.31. The molecule has 1 heterocycles. The number of nitrogens with zero attached hydrogens (tertiary/aromatic N) is 1. The van der Waals surface area contributed by atoms with Crippen molar-refractivity contribution in [1.82, 2.24) is 10.4 Å². The fourth-order valence-electron chi connectivity index (χ4n) is 2.66. The summed E-state index contributed by atoms with van der Waals surface area (Å²) in [5.41, 5.74) is 6.27. The van der Waals surface area contributed by atoms with Crippen LogP contribution in [0.5, 0.6) is 0 Å². The molecule has 0 bridgehead atoms. The van der Waals surface area contributed by atoms with E-state index in [4.69, 9.17) is 0 Å². The van der Waals surface area contributed by atoms with Crippen LogP contribution in [0.4, 0.5) is 5.69 Å². The molecule has 0 aliphatic carbocycles. The molecule has 0 spiro atoms. The predicted molar refractivity (Wildman–Crippen MR) is 79.1 cm³/mol. The summed E-state index contributed by atoms with van der Waals surface area (Å²) in [6.45, 7) is 0.310. The van der Waals surface area contributed by atoms with Gasteiger partial charge in [-0.15, -0.1) is 0 Å². The number of benzene rings is 2. The van der Waals surface area contributed by atoms with E-state index in [1.165, 1.54) is 0 Å². The lowest BCUT2D eigenvalue weighted by molar-refractivity contribution is -0.118. The highest BCUT2D eigenvalue weighted by Crippen LogP contribution is 2.34. The van der Waals surface area contributed by atoms with E-state index in [0.29, 0.717) is 6.54 Å². The number of hydrogen-bond donors (Lipinski definition) is 2. The first-order chi connectivity index (χ1) is 9.79. The van der Waals surface area contributed by atoms with Crippen molar-refractivity contribution in [3.63, 3.8) is 0 Å². The Labute approximate surface area is 118 Å². The zero-order valence-corrected chi connectivity index (χ0v) is 11.3. The summed E-state index contributed by atoms with van der Waals surface area (Å²) >= 11 is 0. The van der Waals surface area contributed by atoms with E-state index < -0.39 is 0 Å². The minimum absolute atomic E-state index is 0.00905. The Bertz CT molecular complexity index is 612. The summed E-state index contributed by atoms with van der Waals surface area (Å²) in [7, 11) is 1.84. The number of hydrazine groups is 1. The van der Waals surface area contributed by atoms with E-state index in [-0.39, 0.29) is 11.9 Å². The zero-order valence-electron chi connectivity index (χ0n) is 11.3. The molecule has 2 aromatic rings. The molecule has 1 aliphatic heterocycles. The van der Waals surface area contributed by atoms with Crippen LogP contribution in [0.15, 0.2) is 54.6 Å². The number of anilines is 1. The maximum atomic E-state index is 12.0. The maximum Gasteiger partial charge on any atom is 0.240 e. The molecule has 0 saturated heterocycles. The molecule has 1 atom stereocenters. The SMILES string of the molecule is CNN1CC(=O)Nc2ccccc2C1c1ccccc1. The van der Waals surface area contributed by atoms with Crippen molar-refractivity contribution in [2.45, 2.75) is 6.04 Å². The van der Waals surface area contributed by atoms with Crippen LogP contribution in [-0.2, 0) is 4.79 Å². The van der Waals surface area contributed by atoms with Gasteiger partial charge in [0.05, 0.1) is 12.6 Å².